The molecule has 0 fully saturated rings. The second-order valence-electron chi connectivity index (χ2n) is 4.06. The molecular weight excluding hydrogens is 317 g/mol. The highest BCUT2D eigenvalue weighted by atomic mass is 32.2. The zero-order valence-electron chi connectivity index (χ0n) is 11.2. The molecule has 0 bridgehead atoms. The van der Waals surface area contributed by atoms with E-state index in [-0.39, 0.29) is 22.3 Å². The zero-order chi connectivity index (χ0) is 15.5. The minimum atomic E-state index is -3.79. The van der Waals surface area contributed by atoms with Crippen molar-refractivity contribution in [1.82, 2.24) is 0 Å². The Balaban J connectivity index is 2.22. The van der Waals surface area contributed by atoms with E-state index in [0.717, 1.165) is 17.4 Å². The molecule has 0 saturated carbocycles. The summed E-state index contributed by atoms with van der Waals surface area (Å²) in [5.41, 5.74) is 0.106. The SMILES string of the molecule is CCOc1ccc(NS(=O)(=O)c2ccc(CO)s2)cc1F. The third kappa shape index (κ3) is 3.72. The van der Waals surface area contributed by atoms with Crippen molar-refractivity contribution in [2.24, 2.45) is 0 Å². The quantitative estimate of drug-likeness (QED) is 0.853. The Hall–Kier alpha value is -1.64. The molecule has 1 aromatic carbocycles. The summed E-state index contributed by atoms with van der Waals surface area (Å²) in [6.07, 6.45) is 0. The Labute approximate surface area is 126 Å². The highest BCUT2D eigenvalue weighted by Gasteiger charge is 2.17. The molecule has 0 aliphatic rings. The Morgan fingerprint density at radius 3 is 2.67 bits per heavy atom. The Morgan fingerprint density at radius 1 is 1.33 bits per heavy atom. The van der Waals surface area contributed by atoms with Gasteiger partial charge in [-0.1, -0.05) is 0 Å². The summed E-state index contributed by atoms with van der Waals surface area (Å²) in [6.45, 7) is 1.82. The van der Waals surface area contributed by atoms with Crippen LogP contribution in [0.2, 0.25) is 0 Å². The second kappa shape index (κ2) is 6.42. The van der Waals surface area contributed by atoms with E-state index in [1.165, 1.54) is 24.3 Å². The van der Waals surface area contributed by atoms with Gasteiger partial charge in [-0.3, -0.25) is 4.72 Å². The maximum absolute atomic E-state index is 13.7. The Bertz CT molecular complexity index is 728. The van der Waals surface area contributed by atoms with Crippen LogP contribution in [0.15, 0.2) is 34.5 Å². The summed E-state index contributed by atoms with van der Waals surface area (Å²) in [7, 11) is -3.79. The molecule has 8 heteroatoms. The first-order chi connectivity index (χ1) is 9.96. The molecule has 114 valence electrons. The Kier molecular flexibility index (Phi) is 4.81. The van der Waals surface area contributed by atoms with E-state index in [1.807, 2.05) is 0 Å². The first-order valence-corrected chi connectivity index (χ1v) is 8.41. The van der Waals surface area contributed by atoms with Crippen molar-refractivity contribution in [2.75, 3.05) is 11.3 Å². The molecule has 0 amide bonds. The van der Waals surface area contributed by atoms with Crippen molar-refractivity contribution >= 4 is 27.0 Å². The first-order valence-electron chi connectivity index (χ1n) is 6.11. The predicted octanol–water partition coefficient (Wildman–Crippen LogP) is 2.58. The summed E-state index contributed by atoms with van der Waals surface area (Å²) in [4.78, 5) is 0.535. The van der Waals surface area contributed by atoms with E-state index in [0.29, 0.717) is 11.5 Å². The van der Waals surface area contributed by atoms with Crippen LogP contribution in [-0.4, -0.2) is 20.1 Å². The van der Waals surface area contributed by atoms with Gasteiger partial charge in [-0.2, -0.15) is 0 Å². The first kappa shape index (κ1) is 15.7. The van der Waals surface area contributed by atoms with Crippen LogP contribution in [-0.2, 0) is 16.6 Å². The third-order valence-electron chi connectivity index (χ3n) is 2.54. The van der Waals surface area contributed by atoms with Crippen molar-refractivity contribution in [3.8, 4) is 5.75 Å². The van der Waals surface area contributed by atoms with Crippen LogP contribution in [0.4, 0.5) is 10.1 Å². The molecule has 0 aliphatic carbocycles. The number of thiophene rings is 1. The number of anilines is 1. The van der Waals surface area contributed by atoms with Crippen LogP contribution in [0, 0.1) is 5.82 Å². The van der Waals surface area contributed by atoms with Crippen molar-refractivity contribution in [3.63, 3.8) is 0 Å². The molecule has 0 spiro atoms. The van der Waals surface area contributed by atoms with Gasteiger partial charge in [-0.15, -0.1) is 11.3 Å². The normalized spacial score (nSPS) is 11.4. The van der Waals surface area contributed by atoms with Crippen LogP contribution in [0.5, 0.6) is 5.75 Å². The van der Waals surface area contributed by atoms with Gasteiger partial charge in [0, 0.05) is 10.9 Å². The van der Waals surface area contributed by atoms with Gasteiger partial charge in [0.15, 0.2) is 11.6 Å². The standard InChI is InChI=1S/C13H14FNO4S2/c1-2-19-12-5-3-9(7-11(12)14)15-21(17,18)13-6-4-10(8-16)20-13/h3-7,15-16H,2,8H2,1H3. The fourth-order valence-electron chi connectivity index (χ4n) is 1.63. The molecule has 2 aromatic rings. The monoisotopic (exact) mass is 331 g/mol. The van der Waals surface area contributed by atoms with Gasteiger partial charge in [0.2, 0.25) is 0 Å². The maximum Gasteiger partial charge on any atom is 0.271 e. The summed E-state index contributed by atoms with van der Waals surface area (Å²) in [5, 5.41) is 8.96. The summed E-state index contributed by atoms with van der Waals surface area (Å²) in [5.74, 6) is -0.571. The van der Waals surface area contributed by atoms with Crippen LogP contribution in [0.25, 0.3) is 0 Å². The molecule has 1 aromatic heterocycles. The van der Waals surface area contributed by atoms with Crippen molar-refractivity contribution in [1.29, 1.82) is 0 Å². The number of nitrogens with one attached hydrogen (secondary N) is 1. The molecule has 5 nitrogen and oxygen atoms in total. The number of sulfonamides is 1. The summed E-state index contributed by atoms with van der Waals surface area (Å²) < 4.78 is 45.3. The lowest BCUT2D eigenvalue weighted by Gasteiger charge is -2.09. The molecule has 0 radical (unpaired) electrons. The largest absolute Gasteiger partial charge is 0.491 e. The molecule has 0 atom stereocenters. The van der Waals surface area contributed by atoms with Crippen molar-refractivity contribution in [2.45, 2.75) is 17.7 Å². The molecule has 0 unspecified atom stereocenters. The summed E-state index contributed by atoms with van der Waals surface area (Å²) >= 11 is 0.956. The van der Waals surface area contributed by atoms with Crippen LogP contribution in [0.1, 0.15) is 11.8 Å². The molecular formula is C13H14FNO4S2. The number of hydrogen-bond donors (Lipinski definition) is 2. The van der Waals surface area contributed by atoms with E-state index in [4.69, 9.17) is 9.84 Å². The van der Waals surface area contributed by atoms with Crippen molar-refractivity contribution < 1.29 is 22.7 Å². The highest BCUT2D eigenvalue weighted by Crippen LogP contribution is 2.26. The minimum absolute atomic E-state index is 0.0563. The van der Waals surface area contributed by atoms with E-state index in [9.17, 15) is 12.8 Å². The van der Waals surface area contributed by atoms with E-state index >= 15 is 0 Å². The average Bonchev–Trinajstić information content (AvgIpc) is 2.91. The van der Waals surface area contributed by atoms with E-state index in [1.54, 1.807) is 6.92 Å². The number of aliphatic hydroxyl groups is 1. The van der Waals surface area contributed by atoms with E-state index < -0.39 is 15.8 Å². The number of hydrogen-bond acceptors (Lipinski definition) is 5. The fraction of sp³-hybridized carbons (Fsp3) is 0.231. The lowest BCUT2D eigenvalue weighted by Crippen LogP contribution is -2.11. The molecule has 2 rings (SSSR count). The van der Waals surface area contributed by atoms with Gasteiger partial charge in [0.05, 0.1) is 18.9 Å². The van der Waals surface area contributed by atoms with Gasteiger partial charge >= 0.3 is 0 Å². The molecule has 21 heavy (non-hydrogen) atoms. The molecule has 0 aliphatic heterocycles. The van der Waals surface area contributed by atoms with Gasteiger partial charge in [-0.25, -0.2) is 12.8 Å². The molecule has 1 heterocycles. The second-order valence-corrected chi connectivity index (χ2v) is 7.14. The Morgan fingerprint density at radius 2 is 2.10 bits per heavy atom. The smallest absolute Gasteiger partial charge is 0.271 e. The predicted molar refractivity (Wildman–Crippen MR) is 78.6 cm³/mol. The lowest BCUT2D eigenvalue weighted by molar-refractivity contribution is 0.285. The van der Waals surface area contributed by atoms with Crippen molar-refractivity contribution in [3.05, 3.63) is 41.0 Å². The van der Waals surface area contributed by atoms with Gasteiger partial charge in [0.1, 0.15) is 4.21 Å². The number of aliphatic hydroxyl groups excluding tert-OH is 1. The number of ether oxygens (including phenoxy) is 1. The average molecular weight is 331 g/mol. The van der Waals surface area contributed by atoms with Crippen LogP contribution in [0.3, 0.4) is 0 Å². The number of halogens is 1. The molecule has 0 saturated heterocycles. The zero-order valence-corrected chi connectivity index (χ0v) is 12.8. The van der Waals surface area contributed by atoms with Gasteiger partial charge in [0.25, 0.3) is 10.0 Å². The third-order valence-corrected chi connectivity index (χ3v) is 5.48. The van der Waals surface area contributed by atoms with Gasteiger partial charge < -0.3 is 9.84 Å². The lowest BCUT2D eigenvalue weighted by atomic mass is 10.3. The van der Waals surface area contributed by atoms with E-state index in [2.05, 4.69) is 4.72 Å². The fourth-order valence-corrected chi connectivity index (χ4v) is 3.90. The summed E-state index contributed by atoms with van der Waals surface area (Å²) in [6, 6.07) is 6.76. The number of benzene rings is 1. The maximum atomic E-state index is 13.7. The highest BCUT2D eigenvalue weighted by molar-refractivity contribution is 7.94. The minimum Gasteiger partial charge on any atom is -0.491 e. The number of rotatable bonds is 6. The van der Waals surface area contributed by atoms with Crippen LogP contribution < -0.4 is 9.46 Å². The van der Waals surface area contributed by atoms with Crippen LogP contribution >= 0.6 is 11.3 Å². The molecule has 2 N–H and O–H groups in total. The topological polar surface area (TPSA) is 75.6 Å². The van der Waals surface area contributed by atoms with Gasteiger partial charge in [-0.05, 0) is 31.2 Å².